The van der Waals surface area contributed by atoms with Gasteiger partial charge in [0.05, 0.1) is 0 Å². The fraction of sp³-hybridized carbons (Fsp3) is 0. The van der Waals surface area contributed by atoms with Crippen molar-refractivity contribution in [3.05, 3.63) is 0 Å². The summed E-state index contributed by atoms with van der Waals surface area (Å²) >= 11 is 5.75. The smallest absolute Gasteiger partial charge is 0 e. The standard InChI is InChI=1S/Ce.Co.Fe.Mn.Ni.Ti.Zr/p+1. The van der Waals surface area contributed by atoms with Crippen molar-refractivity contribution >= 4 is 0 Å². The summed E-state index contributed by atoms with van der Waals surface area (Å²) in [7, 11) is 0. The summed E-state index contributed by atoms with van der Waals surface area (Å²) in [6, 6.07) is 0. The first kappa shape index (κ1) is 40.3. The van der Waals surface area contributed by atoms with E-state index in [9.17, 15) is 0 Å². The van der Waals surface area contributed by atoms with Gasteiger partial charge < -0.3 is 0 Å². The quantitative estimate of drug-likeness (QED) is 0.408. The third-order valence-electron chi connectivity index (χ3n) is 0. The summed E-state index contributed by atoms with van der Waals surface area (Å²) in [5, 5.41) is 0. The van der Waals surface area contributed by atoms with Crippen LogP contribution in [0.3, 0.4) is 0 Å². The van der Waals surface area contributed by atoms with E-state index in [0.29, 0.717) is 0 Å². The Morgan fingerprint density at radius 3 is 1.29 bits per heavy atom. The van der Waals surface area contributed by atoms with Crippen molar-refractivity contribution in [3.8, 4) is 0 Å². The summed E-state index contributed by atoms with van der Waals surface area (Å²) in [4.78, 5) is 0. The van der Waals surface area contributed by atoms with Crippen molar-refractivity contribution in [2.45, 2.75) is 0 Å². The summed E-state index contributed by atoms with van der Waals surface area (Å²) in [5.41, 5.74) is 0. The maximum Gasteiger partial charge on any atom is 0 e. The van der Waals surface area contributed by atoms with E-state index in [-0.39, 0.29) is 124 Å². The van der Waals surface area contributed by atoms with Crippen molar-refractivity contribution in [1.29, 1.82) is 0 Å². The Hall–Kier alpha value is 5.01. The average molecular weight is 509 g/mol. The predicted molar refractivity (Wildman–Crippen MR) is 1.11 cm³/mol. The second-order valence-corrected chi connectivity index (χ2v) is 0. The molecule has 0 aromatic carbocycles. The largest absolute Gasteiger partial charge is 0 e. The second kappa shape index (κ2) is 43.9. The Morgan fingerprint density at radius 1 is 1.29 bits per heavy atom. The minimum atomic E-state index is 0. The molecule has 7 heavy (non-hydrogen) atoms. The van der Waals surface area contributed by atoms with Crippen LogP contribution in [-0.4, -0.2) is 0 Å². The van der Waals surface area contributed by atoms with Crippen LogP contribution in [0, 0.1) is 41.7 Å². The minimum absolute atomic E-state index is 0. The molecule has 0 aliphatic rings. The molecular formula is HCeCoFeMnNiTiZr+. The van der Waals surface area contributed by atoms with E-state index >= 15 is 0 Å². The Kier molecular flexibility index (Phi) is 253. The van der Waals surface area contributed by atoms with Gasteiger partial charge in [-0.05, 0) is 0 Å². The Labute approximate surface area is 149 Å². The topological polar surface area (TPSA) is 0 Å². The molecule has 0 bridgehead atoms. The van der Waals surface area contributed by atoms with Crippen molar-refractivity contribution < 1.29 is 153 Å². The second-order valence-electron chi connectivity index (χ2n) is 0. The average Bonchev–Trinajstić information content (AvgIpc) is 1.00. The van der Waals surface area contributed by atoms with Crippen molar-refractivity contribution in [2.24, 2.45) is 0 Å². The molecule has 1 radical (unpaired) electrons. The van der Waals surface area contributed by atoms with Gasteiger partial charge in [0.2, 0.25) is 0 Å². The number of hydrogen-bond donors (Lipinski definition) is 0. The van der Waals surface area contributed by atoms with Gasteiger partial charge in [-0.2, -0.15) is 0 Å². The van der Waals surface area contributed by atoms with Crippen LogP contribution in [0.1, 0.15) is 1.43 Å². The van der Waals surface area contributed by atoms with E-state index < -0.39 is 0 Å². The van der Waals surface area contributed by atoms with Gasteiger partial charge in [0, 0.05) is 123 Å². The third kappa shape index (κ3) is 35.6. The van der Waals surface area contributed by atoms with E-state index in [1.54, 1.807) is 0 Å². The molecule has 0 saturated carbocycles. The molecule has 0 spiro atoms. The van der Waals surface area contributed by atoms with Crippen LogP contribution in [0.2, 0.25) is 0 Å². The summed E-state index contributed by atoms with van der Waals surface area (Å²) in [6.07, 6.45) is 0. The molecule has 0 atom stereocenters. The molecule has 0 aromatic heterocycles. The van der Waals surface area contributed by atoms with Crippen molar-refractivity contribution in [2.75, 3.05) is 0 Å². The zero-order valence-corrected chi connectivity index (χ0v) is 14.4. The monoisotopic (exact) mass is 507 g/mol. The number of rotatable bonds is 0. The Bertz CT molecular complexity index is 24.0. The van der Waals surface area contributed by atoms with Gasteiger partial charge in [0.1, 0.15) is 0 Å². The third-order valence-corrected chi connectivity index (χ3v) is 0. The first-order chi connectivity index (χ1) is 1.00. The molecule has 0 saturated heterocycles. The molecule has 0 aliphatic carbocycles. The van der Waals surface area contributed by atoms with Crippen LogP contribution in [0.15, 0.2) is 0 Å². The van der Waals surface area contributed by atoms with Gasteiger partial charge in [-0.25, -0.2) is 0 Å². The van der Waals surface area contributed by atoms with Crippen LogP contribution in [0.4, 0.5) is 0 Å². The van der Waals surface area contributed by atoms with Crippen LogP contribution in [0.5, 0.6) is 0 Å². The molecule has 0 aliphatic heterocycles. The van der Waals surface area contributed by atoms with Crippen molar-refractivity contribution in [1.82, 2.24) is 0 Å². The molecule has 0 N–H and O–H groups in total. The van der Waals surface area contributed by atoms with Crippen LogP contribution < -0.4 is 0 Å². The maximum absolute atomic E-state index is 3.06. The summed E-state index contributed by atoms with van der Waals surface area (Å²) < 4.78 is 0. The molecule has 0 heterocycles. The van der Waals surface area contributed by atoms with E-state index in [4.69, 9.17) is 0 Å². The predicted octanol–water partition coefficient (Wildman–Crippen LogP) is 0.0975. The fourth-order valence-electron chi connectivity index (χ4n) is 0. The first-order valence-electron chi connectivity index (χ1n) is 0.134. The van der Waals surface area contributed by atoms with Gasteiger partial charge in [0.25, 0.3) is 0 Å². The Balaban J connectivity index is -0.000000000333. The molecule has 0 fully saturated rings. The number of hydrogen-bond acceptors (Lipinski definition) is 0. The molecule has 0 nitrogen and oxygen atoms in total. The van der Waals surface area contributed by atoms with Gasteiger partial charge in [-0.15, -0.1) is 0 Å². The van der Waals surface area contributed by atoms with Gasteiger partial charge >= 0.3 is 29.8 Å². The molecule has 0 unspecified atom stereocenters. The molecule has 0 amide bonds. The van der Waals surface area contributed by atoms with Gasteiger partial charge in [0.15, 0.2) is 0 Å². The normalized spacial score (nSPS) is 0.857. The van der Waals surface area contributed by atoms with E-state index in [0.717, 1.165) is 0 Å². The SMILES string of the molecule is [Ce].[Co].[H+].[Mn][Fe].[Ni].[Ti].[Zr]. The van der Waals surface area contributed by atoms with Crippen molar-refractivity contribution in [3.63, 3.8) is 0 Å². The first-order valence-corrected chi connectivity index (χ1v) is 2.27. The Morgan fingerprint density at radius 2 is 1.29 bits per heavy atom. The minimum Gasteiger partial charge on any atom is 0 e. The molecule has 46 valence electrons. The molecule has 7 heteroatoms. The zero-order chi connectivity index (χ0) is 2.00. The zero-order valence-electron chi connectivity index (χ0n) is 3.88. The van der Waals surface area contributed by atoms with Crippen LogP contribution in [0.25, 0.3) is 0 Å². The van der Waals surface area contributed by atoms with E-state index in [2.05, 4.69) is 28.4 Å². The van der Waals surface area contributed by atoms with Gasteiger partial charge in [-0.1, -0.05) is 0 Å². The molecule has 0 aromatic rings. The molecular weight excluding hydrogens is 508 g/mol. The van der Waals surface area contributed by atoms with E-state index in [1.807, 2.05) is 0 Å². The summed E-state index contributed by atoms with van der Waals surface area (Å²) in [5.74, 6) is 0. The maximum atomic E-state index is 3.06. The fourth-order valence-corrected chi connectivity index (χ4v) is 0. The van der Waals surface area contributed by atoms with E-state index in [1.165, 1.54) is 0 Å². The van der Waals surface area contributed by atoms with Crippen LogP contribution in [-0.2, 0) is 110 Å². The molecule has 0 rings (SSSR count). The van der Waals surface area contributed by atoms with Crippen LogP contribution >= 0.6 is 0 Å². The van der Waals surface area contributed by atoms with Gasteiger partial charge in [-0.3, -0.25) is 0 Å². The summed E-state index contributed by atoms with van der Waals surface area (Å²) in [6.45, 7) is 0.